The Labute approximate surface area is 127 Å². The summed E-state index contributed by atoms with van der Waals surface area (Å²) in [5.41, 5.74) is 2.69. The van der Waals surface area contributed by atoms with E-state index in [-0.39, 0.29) is 11.5 Å². The van der Waals surface area contributed by atoms with E-state index < -0.39 is 0 Å². The second kappa shape index (κ2) is 6.77. The lowest BCUT2D eigenvalue weighted by molar-refractivity contribution is 0.318. The Morgan fingerprint density at radius 1 is 0.952 bits per heavy atom. The summed E-state index contributed by atoms with van der Waals surface area (Å²) in [5, 5.41) is 13.2. The Balaban J connectivity index is 2.25. The highest BCUT2D eigenvalue weighted by Gasteiger charge is 2.19. The second-order valence-electron chi connectivity index (χ2n) is 6.33. The fourth-order valence-electron chi connectivity index (χ4n) is 2.24. The number of hydrogen-bond acceptors (Lipinski definition) is 2. The van der Waals surface area contributed by atoms with Crippen LogP contribution < -0.4 is 5.32 Å². The molecule has 2 aromatic carbocycles. The predicted molar refractivity (Wildman–Crippen MR) is 88.5 cm³/mol. The molecule has 0 aliphatic carbocycles. The van der Waals surface area contributed by atoms with Gasteiger partial charge in [0.15, 0.2) is 0 Å². The Hall–Kier alpha value is -1.80. The van der Waals surface area contributed by atoms with Gasteiger partial charge in [0.1, 0.15) is 5.75 Å². The van der Waals surface area contributed by atoms with Gasteiger partial charge >= 0.3 is 0 Å². The van der Waals surface area contributed by atoms with Crippen LogP contribution in [0.5, 0.6) is 5.75 Å². The molecule has 21 heavy (non-hydrogen) atoms. The first-order valence-corrected chi connectivity index (χ1v) is 7.59. The van der Waals surface area contributed by atoms with Crippen LogP contribution in [0.1, 0.15) is 44.4 Å². The highest BCUT2D eigenvalue weighted by molar-refractivity contribution is 5.35. The highest BCUT2D eigenvalue weighted by atomic mass is 16.3. The number of rotatable bonds is 6. The number of nitrogens with one attached hydrogen (secondary N) is 1. The maximum atomic E-state index is 9.49. The average molecular weight is 283 g/mol. The molecule has 0 saturated heterocycles. The van der Waals surface area contributed by atoms with E-state index in [4.69, 9.17) is 0 Å². The molecule has 1 unspecified atom stereocenters. The molecule has 0 spiro atoms. The normalized spacial score (nSPS) is 13.1. The van der Waals surface area contributed by atoms with E-state index in [9.17, 15) is 5.11 Å². The maximum Gasteiger partial charge on any atom is 0.115 e. The van der Waals surface area contributed by atoms with Gasteiger partial charge in [-0.25, -0.2) is 0 Å². The summed E-state index contributed by atoms with van der Waals surface area (Å²) in [6.07, 6.45) is 1.14. The smallest absolute Gasteiger partial charge is 0.115 e. The van der Waals surface area contributed by atoms with Crippen molar-refractivity contribution in [2.24, 2.45) is 5.41 Å². The minimum atomic E-state index is 0.151. The average Bonchev–Trinajstić information content (AvgIpc) is 2.50. The van der Waals surface area contributed by atoms with Crippen molar-refractivity contribution in [2.45, 2.75) is 33.2 Å². The van der Waals surface area contributed by atoms with Gasteiger partial charge in [-0.3, -0.25) is 0 Å². The quantitative estimate of drug-likeness (QED) is 0.817. The van der Waals surface area contributed by atoms with Crippen molar-refractivity contribution < 1.29 is 5.11 Å². The molecule has 2 aromatic rings. The minimum absolute atomic E-state index is 0.151. The molecule has 0 bridgehead atoms. The molecule has 2 nitrogen and oxygen atoms in total. The number of hydrogen-bond donors (Lipinski definition) is 2. The van der Waals surface area contributed by atoms with Crippen LogP contribution in [0.25, 0.3) is 0 Å². The molecule has 0 aliphatic heterocycles. The zero-order valence-corrected chi connectivity index (χ0v) is 13.1. The standard InChI is InChI=1S/C19H25NO/c1-4-19(2,3)14-20-18(15-8-6-5-7-9-15)16-10-12-17(21)13-11-16/h5-13,18,20-21H,4,14H2,1-3H3. The Bertz CT molecular complexity index is 546. The van der Waals surface area contributed by atoms with Crippen molar-refractivity contribution in [1.82, 2.24) is 5.32 Å². The van der Waals surface area contributed by atoms with Gasteiger partial charge in [0.25, 0.3) is 0 Å². The summed E-state index contributed by atoms with van der Waals surface area (Å²) >= 11 is 0. The van der Waals surface area contributed by atoms with Crippen molar-refractivity contribution in [2.75, 3.05) is 6.54 Å². The van der Waals surface area contributed by atoms with Gasteiger partial charge in [0, 0.05) is 6.54 Å². The van der Waals surface area contributed by atoms with E-state index in [0.717, 1.165) is 13.0 Å². The Morgan fingerprint density at radius 3 is 2.10 bits per heavy atom. The molecule has 0 heterocycles. The van der Waals surface area contributed by atoms with E-state index in [1.54, 1.807) is 12.1 Å². The molecule has 0 aliphatic rings. The third kappa shape index (κ3) is 4.33. The van der Waals surface area contributed by atoms with E-state index in [2.05, 4.69) is 50.4 Å². The van der Waals surface area contributed by atoms with Crippen LogP contribution in [-0.4, -0.2) is 11.7 Å². The van der Waals surface area contributed by atoms with Crippen molar-refractivity contribution in [3.05, 3.63) is 65.7 Å². The monoisotopic (exact) mass is 283 g/mol. The molecular formula is C19H25NO. The lowest BCUT2D eigenvalue weighted by Crippen LogP contribution is -2.32. The fraction of sp³-hybridized carbons (Fsp3) is 0.368. The van der Waals surface area contributed by atoms with Gasteiger partial charge in [-0.15, -0.1) is 0 Å². The predicted octanol–water partition coefficient (Wildman–Crippen LogP) is 4.51. The number of benzene rings is 2. The maximum absolute atomic E-state index is 9.49. The molecule has 2 heteroatoms. The van der Waals surface area contributed by atoms with Gasteiger partial charge in [0.05, 0.1) is 6.04 Å². The van der Waals surface area contributed by atoms with E-state index >= 15 is 0 Å². The third-order valence-electron chi connectivity index (χ3n) is 4.10. The topological polar surface area (TPSA) is 32.3 Å². The molecule has 0 amide bonds. The highest BCUT2D eigenvalue weighted by Crippen LogP contribution is 2.26. The van der Waals surface area contributed by atoms with Crippen LogP contribution in [0.4, 0.5) is 0 Å². The molecule has 0 saturated carbocycles. The van der Waals surface area contributed by atoms with Gasteiger partial charge in [-0.1, -0.05) is 63.2 Å². The third-order valence-corrected chi connectivity index (χ3v) is 4.10. The zero-order chi connectivity index (χ0) is 15.3. The van der Waals surface area contributed by atoms with Crippen molar-refractivity contribution in [1.29, 1.82) is 0 Å². The van der Waals surface area contributed by atoms with Gasteiger partial charge in [-0.2, -0.15) is 0 Å². The number of phenols is 1. The van der Waals surface area contributed by atoms with Gasteiger partial charge < -0.3 is 10.4 Å². The summed E-state index contributed by atoms with van der Waals surface area (Å²) in [7, 11) is 0. The van der Waals surface area contributed by atoms with E-state index in [0.29, 0.717) is 5.75 Å². The zero-order valence-electron chi connectivity index (χ0n) is 13.1. The SMILES string of the molecule is CCC(C)(C)CNC(c1ccccc1)c1ccc(O)cc1. The van der Waals surface area contributed by atoms with Gasteiger partial charge in [-0.05, 0) is 35.1 Å². The summed E-state index contributed by atoms with van der Waals surface area (Å²) < 4.78 is 0. The molecular weight excluding hydrogens is 258 g/mol. The first kappa shape index (κ1) is 15.6. The lowest BCUT2D eigenvalue weighted by atomic mass is 9.89. The summed E-state index contributed by atoms with van der Waals surface area (Å²) in [6, 6.07) is 18.1. The van der Waals surface area contributed by atoms with Crippen LogP contribution >= 0.6 is 0 Å². The molecule has 0 aromatic heterocycles. The Morgan fingerprint density at radius 2 is 1.52 bits per heavy atom. The van der Waals surface area contributed by atoms with E-state index in [1.807, 2.05) is 18.2 Å². The van der Waals surface area contributed by atoms with Crippen molar-refractivity contribution >= 4 is 0 Å². The first-order chi connectivity index (χ1) is 10.0. The van der Waals surface area contributed by atoms with Crippen LogP contribution in [0.3, 0.4) is 0 Å². The summed E-state index contributed by atoms with van der Waals surface area (Å²) in [5.74, 6) is 0.305. The molecule has 112 valence electrons. The van der Waals surface area contributed by atoms with Gasteiger partial charge in [0.2, 0.25) is 0 Å². The van der Waals surface area contributed by atoms with Crippen molar-refractivity contribution in [3.8, 4) is 5.75 Å². The van der Waals surface area contributed by atoms with Crippen LogP contribution in [0.2, 0.25) is 0 Å². The fourth-order valence-corrected chi connectivity index (χ4v) is 2.24. The molecule has 0 radical (unpaired) electrons. The summed E-state index contributed by atoms with van der Waals surface area (Å²) in [4.78, 5) is 0. The van der Waals surface area contributed by atoms with Crippen LogP contribution in [0.15, 0.2) is 54.6 Å². The largest absolute Gasteiger partial charge is 0.508 e. The molecule has 2 rings (SSSR count). The van der Waals surface area contributed by atoms with Crippen molar-refractivity contribution in [3.63, 3.8) is 0 Å². The first-order valence-electron chi connectivity index (χ1n) is 7.59. The van der Waals surface area contributed by atoms with Crippen LogP contribution in [0, 0.1) is 5.41 Å². The van der Waals surface area contributed by atoms with E-state index in [1.165, 1.54) is 11.1 Å². The molecule has 2 N–H and O–H groups in total. The van der Waals surface area contributed by atoms with Crippen LogP contribution in [-0.2, 0) is 0 Å². The molecule has 0 fully saturated rings. The molecule has 1 atom stereocenters. The summed E-state index contributed by atoms with van der Waals surface area (Å²) in [6.45, 7) is 7.72. The lowest BCUT2D eigenvalue weighted by Gasteiger charge is -2.28. The second-order valence-corrected chi connectivity index (χ2v) is 6.33. The Kier molecular flexibility index (Phi) is 5.03. The number of phenolic OH excluding ortho intramolecular Hbond substituents is 1. The number of aromatic hydroxyl groups is 1. The minimum Gasteiger partial charge on any atom is -0.508 e.